The zero-order valence-corrected chi connectivity index (χ0v) is 12.2. The van der Waals surface area contributed by atoms with Gasteiger partial charge in [0.05, 0.1) is 12.1 Å². The normalized spacial score (nSPS) is 24.6. The second-order valence-electron chi connectivity index (χ2n) is 4.43. The van der Waals surface area contributed by atoms with Crippen LogP contribution in [0.5, 0.6) is 0 Å². The molecule has 0 heterocycles. The summed E-state index contributed by atoms with van der Waals surface area (Å²) < 4.78 is 6.54. The van der Waals surface area contributed by atoms with Gasteiger partial charge in [0, 0.05) is 22.3 Å². The van der Waals surface area contributed by atoms with Crippen LogP contribution in [0.1, 0.15) is 25.7 Å². The first kappa shape index (κ1) is 13.2. The maximum atomic E-state index is 5.93. The van der Waals surface area contributed by atoms with Gasteiger partial charge in [-0.1, -0.05) is 24.4 Å². The van der Waals surface area contributed by atoms with E-state index in [1.807, 2.05) is 18.2 Å². The van der Waals surface area contributed by atoms with Crippen molar-refractivity contribution in [2.75, 3.05) is 12.4 Å². The predicted molar refractivity (Wildman–Crippen MR) is 75.8 cm³/mol. The fraction of sp³-hybridized carbons (Fsp3) is 0.538. The van der Waals surface area contributed by atoms with Gasteiger partial charge in [-0.25, -0.2) is 0 Å². The molecular formula is C13H17BrClNO. The lowest BCUT2D eigenvalue weighted by Gasteiger charge is -2.32. The van der Waals surface area contributed by atoms with Gasteiger partial charge >= 0.3 is 0 Å². The van der Waals surface area contributed by atoms with Crippen molar-refractivity contribution in [1.82, 2.24) is 0 Å². The van der Waals surface area contributed by atoms with E-state index in [0.29, 0.717) is 12.1 Å². The zero-order chi connectivity index (χ0) is 12.3. The number of ether oxygens (including phenoxy) is 1. The Morgan fingerprint density at radius 2 is 2.12 bits per heavy atom. The molecule has 0 radical (unpaired) electrons. The number of hydrogen-bond donors (Lipinski definition) is 1. The highest BCUT2D eigenvalue weighted by Gasteiger charge is 2.25. The molecule has 0 aromatic heterocycles. The van der Waals surface area contributed by atoms with Crippen molar-refractivity contribution in [3.63, 3.8) is 0 Å². The van der Waals surface area contributed by atoms with Gasteiger partial charge in [-0.15, -0.1) is 0 Å². The Morgan fingerprint density at radius 1 is 1.35 bits per heavy atom. The number of anilines is 1. The number of hydrogen-bond acceptors (Lipinski definition) is 2. The summed E-state index contributed by atoms with van der Waals surface area (Å²) in [6, 6.07) is 6.22. The Labute approximate surface area is 116 Å². The molecule has 0 spiro atoms. The monoisotopic (exact) mass is 317 g/mol. The van der Waals surface area contributed by atoms with Crippen LogP contribution in [-0.2, 0) is 4.74 Å². The minimum Gasteiger partial charge on any atom is -0.379 e. The van der Waals surface area contributed by atoms with Crippen LogP contribution in [0.15, 0.2) is 22.7 Å². The third-order valence-corrected chi connectivity index (χ3v) is 4.17. The fourth-order valence-electron chi connectivity index (χ4n) is 2.35. The lowest BCUT2D eigenvalue weighted by atomic mass is 9.92. The molecule has 2 nitrogen and oxygen atoms in total. The average Bonchev–Trinajstić information content (AvgIpc) is 2.33. The van der Waals surface area contributed by atoms with Crippen LogP contribution in [0.4, 0.5) is 5.69 Å². The van der Waals surface area contributed by atoms with E-state index in [1.165, 1.54) is 12.8 Å². The number of halogens is 2. The summed E-state index contributed by atoms with van der Waals surface area (Å²) >= 11 is 9.46. The molecule has 4 heteroatoms. The molecule has 1 aliphatic carbocycles. The van der Waals surface area contributed by atoms with Gasteiger partial charge in [-0.3, -0.25) is 0 Å². The lowest BCUT2D eigenvalue weighted by Crippen LogP contribution is -2.37. The van der Waals surface area contributed by atoms with Gasteiger partial charge < -0.3 is 10.1 Å². The maximum absolute atomic E-state index is 5.93. The molecule has 0 bridgehead atoms. The Bertz CT molecular complexity index is 386. The molecule has 2 rings (SSSR count). The van der Waals surface area contributed by atoms with Crippen LogP contribution in [0.2, 0.25) is 5.02 Å². The third-order valence-electron chi connectivity index (χ3n) is 3.28. The Morgan fingerprint density at radius 3 is 2.82 bits per heavy atom. The fourth-order valence-corrected chi connectivity index (χ4v) is 3.15. The SMILES string of the molecule is COC1CCCCC1Nc1ccc(Cl)cc1Br. The molecule has 2 atom stereocenters. The quantitative estimate of drug-likeness (QED) is 0.887. The van der Waals surface area contributed by atoms with Crippen molar-refractivity contribution in [3.05, 3.63) is 27.7 Å². The van der Waals surface area contributed by atoms with Crippen LogP contribution in [0.25, 0.3) is 0 Å². The smallest absolute Gasteiger partial charge is 0.0772 e. The number of methoxy groups -OCH3 is 1. The molecule has 1 saturated carbocycles. The van der Waals surface area contributed by atoms with Crippen molar-refractivity contribution < 1.29 is 4.74 Å². The van der Waals surface area contributed by atoms with E-state index in [4.69, 9.17) is 16.3 Å². The van der Waals surface area contributed by atoms with Crippen LogP contribution in [-0.4, -0.2) is 19.3 Å². The minimum atomic E-state index is 0.311. The highest BCUT2D eigenvalue weighted by molar-refractivity contribution is 9.10. The standard InChI is InChI=1S/C13H17BrClNO/c1-17-13-5-3-2-4-12(13)16-11-7-6-9(15)8-10(11)14/h6-8,12-13,16H,2-5H2,1H3. The molecule has 1 aromatic carbocycles. The number of rotatable bonds is 3. The Kier molecular flexibility index (Phi) is 4.71. The van der Waals surface area contributed by atoms with Gasteiger partial charge in [0.25, 0.3) is 0 Å². The first-order valence-electron chi connectivity index (χ1n) is 5.95. The predicted octanol–water partition coefficient (Wildman–Crippen LogP) is 4.47. The Hall–Kier alpha value is -0.250. The van der Waals surface area contributed by atoms with Crippen LogP contribution in [0, 0.1) is 0 Å². The molecule has 0 saturated heterocycles. The molecule has 94 valence electrons. The highest BCUT2D eigenvalue weighted by atomic mass is 79.9. The van der Waals surface area contributed by atoms with Gasteiger partial charge in [-0.05, 0) is 47.0 Å². The van der Waals surface area contributed by atoms with E-state index in [2.05, 4.69) is 21.2 Å². The second kappa shape index (κ2) is 6.07. The van der Waals surface area contributed by atoms with Crippen molar-refractivity contribution in [2.45, 2.75) is 37.8 Å². The summed E-state index contributed by atoms with van der Waals surface area (Å²) in [7, 11) is 1.79. The van der Waals surface area contributed by atoms with E-state index < -0.39 is 0 Å². The molecule has 1 fully saturated rings. The van der Waals surface area contributed by atoms with Gasteiger partial charge in [-0.2, -0.15) is 0 Å². The first-order valence-corrected chi connectivity index (χ1v) is 7.12. The van der Waals surface area contributed by atoms with Crippen LogP contribution >= 0.6 is 27.5 Å². The highest BCUT2D eigenvalue weighted by Crippen LogP contribution is 2.30. The van der Waals surface area contributed by atoms with Crippen molar-refractivity contribution in [2.24, 2.45) is 0 Å². The lowest BCUT2D eigenvalue weighted by molar-refractivity contribution is 0.0606. The van der Waals surface area contributed by atoms with Crippen LogP contribution in [0.3, 0.4) is 0 Å². The second-order valence-corrected chi connectivity index (χ2v) is 5.72. The summed E-state index contributed by atoms with van der Waals surface area (Å²) in [5, 5.41) is 4.29. The number of nitrogens with one attached hydrogen (secondary N) is 1. The van der Waals surface area contributed by atoms with E-state index in [1.54, 1.807) is 7.11 Å². The molecule has 1 N–H and O–H groups in total. The van der Waals surface area contributed by atoms with Crippen LogP contribution < -0.4 is 5.32 Å². The molecule has 1 aliphatic rings. The molecule has 1 aromatic rings. The summed E-state index contributed by atoms with van der Waals surface area (Å²) in [6.07, 6.45) is 5.14. The van der Waals surface area contributed by atoms with Crippen molar-refractivity contribution in [1.29, 1.82) is 0 Å². The molecule has 17 heavy (non-hydrogen) atoms. The zero-order valence-electron chi connectivity index (χ0n) is 9.88. The van der Waals surface area contributed by atoms with Gasteiger partial charge in [0.15, 0.2) is 0 Å². The molecule has 2 unspecified atom stereocenters. The average molecular weight is 319 g/mol. The Balaban J connectivity index is 2.08. The van der Waals surface area contributed by atoms with Crippen molar-refractivity contribution in [3.8, 4) is 0 Å². The van der Waals surface area contributed by atoms with Gasteiger partial charge in [0.2, 0.25) is 0 Å². The molecule has 0 aliphatic heterocycles. The first-order chi connectivity index (χ1) is 8.20. The van der Waals surface area contributed by atoms with E-state index in [9.17, 15) is 0 Å². The summed E-state index contributed by atoms with van der Waals surface area (Å²) in [6.45, 7) is 0. The minimum absolute atomic E-state index is 0.311. The van der Waals surface area contributed by atoms with E-state index >= 15 is 0 Å². The molecule has 0 amide bonds. The maximum Gasteiger partial charge on any atom is 0.0772 e. The summed E-state index contributed by atoms with van der Waals surface area (Å²) in [5.41, 5.74) is 1.09. The summed E-state index contributed by atoms with van der Waals surface area (Å²) in [5.74, 6) is 0. The largest absolute Gasteiger partial charge is 0.379 e. The number of benzene rings is 1. The summed E-state index contributed by atoms with van der Waals surface area (Å²) in [4.78, 5) is 0. The van der Waals surface area contributed by atoms with Crippen molar-refractivity contribution >= 4 is 33.2 Å². The van der Waals surface area contributed by atoms with Gasteiger partial charge in [0.1, 0.15) is 0 Å². The molecular weight excluding hydrogens is 302 g/mol. The third kappa shape index (κ3) is 3.36. The van der Waals surface area contributed by atoms with E-state index in [-0.39, 0.29) is 0 Å². The topological polar surface area (TPSA) is 21.3 Å². The van der Waals surface area contributed by atoms with E-state index in [0.717, 1.165) is 28.0 Å².